The number of carbonyl (C=O) groups is 1. The number of hydrogen-bond donors (Lipinski definition) is 1. The molecule has 0 saturated heterocycles. The molecule has 2 aromatic carbocycles. The maximum atomic E-state index is 11.6. The molecule has 1 atom stereocenters. The van der Waals surface area contributed by atoms with Crippen molar-refractivity contribution in [1.29, 1.82) is 0 Å². The summed E-state index contributed by atoms with van der Waals surface area (Å²) in [4.78, 5) is 11.6. The van der Waals surface area contributed by atoms with Gasteiger partial charge in [-0.3, -0.25) is 4.79 Å². The molecule has 0 aliphatic carbocycles. The van der Waals surface area contributed by atoms with Crippen LogP contribution in [-0.2, 0) is 11.2 Å². The molecule has 0 fully saturated rings. The van der Waals surface area contributed by atoms with E-state index in [0.717, 1.165) is 18.4 Å². The standard InChI is InChI=1S/C19H22O4/c1-22-17-12-11-15(13-18(17)23-2)16(19(20)21)10-6-9-14-7-4-3-5-8-14/h3-5,7-8,11-13,16H,6,9-10H2,1-2H3,(H,20,21). The molecule has 1 N–H and O–H groups in total. The van der Waals surface area contributed by atoms with Crippen LogP contribution in [0.25, 0.3) is 0 Å². The second-order valence-corrected chi connectivity index (χ2v) is 5.38. The van der Waals surface area contributed by atoms with Crippen LogP contribution in [0, 0.1) is 0 Å². The number of carboxylic acids is 1. The lowest BCUT2D eigenvalue weighted by Crippen LogP contribution is -2.12. The summed E-state index contributed by atoms with van der Waals surface area (Å²) in [5, 5.41) is 9.54. The van der Waals surface area contributed by atoms with Gasteiger partial charge in [0.05, 0.1) is 20.1 Å². The summed E-state index contributed by atoms with van der Waals surface area (Å²) in [7, 11) is 3.11. The zero-order chi connectivity index (χ0) is 16.7. The highest BCUT2D eigenvalue weighted by molar-refractivity contribution is 5.76. The molecule has 4 nitrogen and oxygen atoms in total. The quantitative estimate of drug-likeness (QED) is 0.803. The number of methoxy groups -OCH3 is 2. The third-order valence-electron chi connectivity index (χ3n) is 3.91. The molecule has 2 rings (SSSR count). The van der Waals surface area contributed by atoms with Gasteiger partial charge in [-0.1, -0.05) is 36.4 Å². The summed E-state index contributed by atoms with van der Waals surface area (Å²) in [5.74, 6) is -0.201. The lowest BCUT2D eigenvalue weighted by molar-refractivity contribution is -0.139. The minimum atomic E-state index is -0.815. The lowest BCUT2D eigenvalue weighted by atomic mass is 9.92. The first-order chi connectivity index (χ1) is 11.2. The molecule has 0 spiro atoms. The monoisotopic (exact) mass is 314 g/mol. The maximum absolute atomic E-state index is 11.6. The van der Waals surface area contributed by atoms with Crippen LogP contribution in [0.5, 0.6) is 11.5 Å². The molecule has 0 radical (unpaired) electrons. The third-order valence-corrected chi connectivity index (χ3v) is 3.91. The van der Waals surface area contributed by atoms with Crippen molar-refractivity contribution >= 4 is 5.97 Å². The molecule has 0 aliphatic heterocycles. The number of aryl methyl sites for hydroxylation is 1. The highest BCUT2D eigenvalue weighted by atomic mass is 16.5. The minimum absolute atomic E-state index is 0.543. The molecule has 0 saturated carbocycles. The molecule has 1 unspecified atom stereocenters. The summed E-state index contributed by atoms with van der Waals surface area (Å²) in [6.07, 6.45) is 2.27. The number of carboxylic acid groups (broad SMARTS) is 1. The van der Waals surface area contributed by atoms with E-state index in [1.807, 2.05) is 18.2 Å². The first-order valence-electron chi connectivity index (χ1n) is 7.64. The Balaban J connectivity index is 2.07. The second-order valence-electron chi connectivity index (χ2n) is 5.38. The highest BCUT2D eigenvalue weighted by Gasteiger charge is 2.21. The van der Waals surface area contributed by atoms with Crippen LogP contribution < -0.4 is 9.47 Å². The highest BCUT2D eigenvalue weighted by Crippen LogP contribution is 2.32. The van der Waals surface area contributed by atoms with Crippen molar-refractivity contribution in [1.82, 2.24) is 0 Å². The number of ether oxygens (including phenoxy) is 2. The van der Waals surface area contributed by atoms with Crippen molar-refractivity contribution in [3.8, 4) is 11.5 Å². The zero-order valence-corrected chi connectivity index (χ0v) is 13.5. The van der Waals surface area contributed by atoms with Gasteiger partial charge in [0.2, 0.25) is 0 Å². The zero-order valence-electron chi connectivity index (χ0n) is 13.5. The van der Waals surface area contributed by atoms with Gasteiger partial charge < -0.3 is 14.6 Å². The first-order valence-corrected chi connectivity index (χ1v) is 7.64. The van der Waals surface area contributed by atoms with E-state index >= 15 is 0 Å². The van der Waals surface area contributed by atoms with Crippen molar-refractivity contribution < 1.29 is 19.4 Å². The summed E-state index contributed by atoms with van der Waals surface area (Å²) in [6.45, 7) is 0. The summed E-state index contributed by atoms with van der Waals surface area (Å²) in [6, 6.07) is 15.4. The molecule has 4 heteroatoms. The Morgan fingerprint density at radius 2 is 1.74 bits per heavy atom. The number of aliphatic carboxylic acids is 1. The van der Waals surface area contributed by atoms with Gasteiger partial charge in [0.15, 0.2) is 11.5 Å². The van der Waals surface area contributed by atoms with E-state index in [-0.39, 0.29) is 0 Å². The number of hydrogen-bond acceptors (Lipinski definition) is 3. The SMILES string of the molecule is COc1ccc(C(CCCc2ccccc2)C(=O)O)cc1OC. The Hall–Kier alpha value is -2.49. The average molecular weight is 314 g/mol. The molecule has 23 heavy (non-hydrogen) atoms. The third kappa shape index (κ3) is 4.49. The molecule has 2 aromatic rings. The van der Waals surface area contributed by atoms with Crippen molar-refractivity contribution in [2.24, 2.45) is 0 Å². The van der Waals surface area contributed by atoms with Crippen molar-refractivity contribution in [3.05, 3.63) is 59.7 Å². The van der Waals surface area contributed by atoms with E-state index in [1.165, 1.54) is 5.56 Å². The van der Waals surface area contributed by atoms with E-state index in [1.54, 1.807) is 32.4 Å². The molecule has 0 bridgehead atoms. The van der Waals surface area contributed by atoms with Crippen LogP contribution in [0.15, 0.2) is 48.5 Å². The van der Waals surface area contributed by atoms with E-state index < -0.39 is 11.9 Å². The molecule has 122 valence electrons. The summed E-state index contributed by atoms with van der Waals surface area (Å²) in [5.41, 5.74) is 1.96. The first kappa shape index (κ1) is 16.9. The Labute approximate surface area is 136 Å². The molecule has 0 aromatic heterocycles. The van der Waals surface area contributed by atoms with Crippen molar-refractivity contribution in [2.45, 2.75) is 25.2 Å². The average Bonchev–Trinajstić information content (AvgIpc) is 2.58. The van der Waals surface area contributed by atoms with Gasteiger partial charge in [-0.15, -0.1) is 0 Å². The van der Waals surface area contributed by atoms with Gasteiger partial charge in [0, 0.05) is 0 Å². The van der Waals surface area contributed by atoms with Crippen molar-refractivity contribution in [3.63, 3.8) is 0 Å². The fraction of sp³-hybridized carbons (Fsp3) is 0.316. The van der Waals surface area contributed by atoms with E-state index in [9.17, 15) is 9.90 Å². The smallest absolute Gasteiger partial charge is 0.310 e. The normalized spacial score (nSPS) is 11.7. The summed E-state index contributed by atoms with van der Waals surface area (Å²) < 4.78 is 10.5. The van der Waals surface area contributed by atoms with E-state index in [2.05, 4.69) is 12.1 Å². The number of benzene rings is 2. The fourth-order valence-electron chi connectivity index (χ4n) is 2.66. The fourth-order valence-corrected chi connectivity index (χ4v) is 2.66. The summed E-state index contributed by atoms with van der Waals surface area (Å²) >= 11 is 0. The van der Waals surface area contributed by atoms with Crippen LogP contribution in [0.2, 0.25) is 0 Å². The van der Waals surface area contributed by atoms with Gasteiger partial charge in [0.25, 0.3) is 0 Å². The Morgan fingerprint density at radius 1 is 1.04 bits per heavy atom. The Kier molecular flexibility index (Phi) is 6.03. The van der Waals surface area contributed by atoms with E-state index in [0.29, 0.717) is 17.9 Å². The topological polar surface area (TPSA) is 55.8 Å². The molecule has 0 amide bonds. The van der Waals surface area contributed by atoms with Crippen molar-refractivity contribution in [2.75, 3.05) is 14.2 Å². The van der Waals surface area contributed by atoms with Gasteiger partial charge in [0.1, 0.15) is 0 Å². The molecule has 0 aliphatic rings. The van der Waals surface area contributed by atoms with Crippen LogP contribution in [0.3, 0.4) is 0 Å². The van der Waals surface area contributed by atoms with Gasteiger partial charge >= 0.3 is 5.97 Å². The minimum Gasteiger partial charge on any atom is -0.493 e. The van der Waals surface area contributed by atoms with Gasteiger partial charge in [-0.05, 0) is 42.5 Å². The van der Waals surface area contributed by atoms with Crippen LogP contribution in [-0.4, -0.2) is 25.3 Å². The maximum Gasteiger partial charge on any atom is 0.310 e. The van der Waals surface area contributed by atoms with Crippen LogP contribution >= 0.6 is 0 Å². The Morgan fingerprint density at radius 3 is 2.35 bits per heavy atom. The Bertz CT molecular complexity index is 637. The predicted octanol–water partition coefficient (Wildman–Crippen LogP) is 3.89. The van der Waals surface area contributed by atoms with Gasteiger partial charge in [-0.25, -0.2) is 0 Å². The van der Waals surface area contributed by atoms with Crippen LogP contribution in [0.1, 0.15) is 29.9 Å². The second kappa shape index (κ2) is 8.22. The van der Waals surface area contributed by atoms with Gasteiger partial charge in [-0.2, -0.15) is 0 Å². The molecular weight excluding hydrogens is 292 g/mol. The lowest BCUT2D eigenvalue weighted by Gasteiger charge is -2.15. The molecular formula is C19H22O4. The molecule has 0 heterocycles. The largest absolute Gasteiger partial charge is 0.493 e. The van der Waals surface area contributed by atoms with E-state index in [4.69, 9.17) is 9.47 Å². The predicted molar refractivity (Wildman–Crippen MR) is 89.3 cm³/mol. The number of rotatable bonds is 8. The van der Waals surface area contributed by atoms with Crippen LogP contribution in [0.4, 0.5) is 0 Å².